The predicted octanol–water partition coefficient (Wildman–Crippen LogP) is 2.98. The zero-order chi connectivity index (χ0) is 8.55. The molecule has 0 aromatic heterocycles. The summed E-state index contributed by atoms with van der Waals surface area (Å²) < 4.78 is 5.17. The minimum atomic E-state index is 0. The largest absolute Gasteiger partial charge is 0.497 e. The molecule has 2 atom stereocenters. The summed E-state index contributed by atoms with van der Waals surface area (Å²) in [6.07, 6.45) is 1.34. The van der Waals surface area contributed by atoms with Crippen molar-refractivity contribution in [1.82, 2.24) is 6.15 Å². The monoisotopic (exact) mass is 179 g/mol. The van der Waals surface area contributed by atoms with Crippen LogP contribution in [0.1, 0.15) is 24.8 Å². The van der Waals surface area contributed by atoms with Gasteiger partial charge in [0.1, 0.15) is 5.75 Å². The molecule has 0 amide bonds. The van der Waals surface area contributed by atoms with Crippen molar-refractivity contribution in [3.8, 4) is 5.75 Å². The summed E-state index contributed by atoms with van der Waals surface area (Å²) in [7, 11) is 1.72. The van der Waals surface area contributed by atoms with Crippen LogP contribution in [-0.4, -0.2) is 7.11 Å². The molecule has 0 aliphatic heterocycles. The highest BCUT2D eigenvalue weighted by Gasteiger charge is 2.33. The highest BCUT2D eigenvalue weighted by molar-refractivity contribution is 5.33. The standard InChI is InChI=1S/C11H14O.H3N/c1-8-6-11(8)9-4-3-5-10(7-9)12-2;/h3-5,7-8,11H,6H2,1-2H3;1H3. The van der Waals surface area contributed by atoms with Gasteiger partial charge in [0.25, 0.3) is 0 Å². The van der Waals surface area contributed by atoms with Gasteiger partial charge >= 0.3 is 0 Å². The molecule has 0 bridgehead atoms. The Balaban J connectivity index is 0.000000845. The van der Waals surface area contributed by atoms with Gasteiger partial charge in [-0.05, 0) is 36.0 Å². The number of ether oxygens (including phenoxy) is 1. The predicted molar refractivity (Wildman–Crippen MR) is 54.5 cm³/mol. The fourth-order valence-electron chi connectivity index (χ4n) is 1.66. The molecule has 1 aliphatic rings. The molecule has 1 aromatic carbocycles. The van der Waals surface area contributed by atoms with Crippen molar-refractivity contribution in [2.75, 3.05) is 7.11 Å². The maximum atomic E-state index is 5.17. The Hall–Kier alpha value is -1.02. The van der Waals surface area contributed by atoms with E-state index in [0.717, 1.165) is 17.6 Å². The van der Waals surface area contributed by atoms with Gasteiger partial charge in [-0.25, -0.2) is 0 Å². The summed E-state index contributed by atoms with van der Waals surface area (Å²) in [5.74, 6) is 2.64. The van der Waals surface area contributed by atoms with Crippen molar-refractivity contribution in [3.63, 3.8) is 0 Å². The quantitative estimate of drug-likeness (QED) is 0.758. The van der Waals surface area contributed by atoms with Crippen LogP contribution in [0.15, 0.2) is 24.3 Å². The first-order valence-corrected chi connectivity index (χ1v) is 4.45. The van der Waals surface area contributed by atoms with Crippen molar-refractivity contribution < 1.29 is 4.74 Å². The average molecular weight is 179 g/mol. The van der Waals surface area contributed by atoms with Gasteiger partial charge < -0.3 is 10.9 Å². The first kappa shape index (κ1) is 10.1. The van der Waals surface area contributed by atoms with Gasteiger partial charge in [0.2, 0.25) is 0 Å². The van der Waals surface area contributed by atoms with Crippen LogP contribution >= 0.6 is 0 Å². The molecule has 1 fully saturated rings. The third-order valence-corrected chi connectivity index (χ3v) is 2.63. The second-order valence-electron chi connectivity index (χ2n) is 3.60. The molecular formula is C11H17NO. The Kier molecular flexibility index (Phi) is 2.94. The van der Waals surface area contributed by atoms with Crippen LogP contribution < -0.4 is 10.9 Å². The fraction of sp³-hybridized carbons (Fsp3) is 0.455. The van der Waals surface area contributed by atoms with Crippen LogP contribution in [0.3, 0.4) is 0 Å². The first-order chi connectivity index (χ1) is 5.81. The van der Waals surface area contributed by atoms with Gasteiger partial charge in [0, 0.05) is 0 Å². The van der Waals surface area contributed by atoms with E-state index in [9.17, 15) is 0 Å². The highest BCUT2D eigenvalue weighted by atomic mass is 16.5. The zero-order valence-corrected chi connectivity index (χ0v) is 8.29. The maximum Gasteiger partial charge on any atom is 0.119 e. The molecule has 2 nitrogen and oxygen atoms in total. The van der Waals surface area contributed by atoms with Crippen LogP contribution in [0.2, 0.25) is 0 Å². The Labute approximate surface area is 79.5 Å². The molecular weight excluding hydrogens is 162 g/mol. The van der Waals surface area contributed by atoms with Crippen molar-refractivity contribution in [1.29, 1.82) is 0 Å². The molecule has 1 aliphatic carbocycles. The van der Waals surface area contributed by atoms with E-state index in [4.69, 9.17) is 4.74 Å². The van der Waals surface area contributed by atoms with Gasteiger partial charge in [-0.1, -0.05) is 19.1 Å². The Bertz CT molecular complexity index is 285. The minimum Gasteiger partial charge on any atom is -0.497 e. The molecule has 0 saturated heterocycles. The van der Waals surface area contributed by atoms with Gasteiger partial charge in [-0.15, -0.1) is 0 Å². The lowest BCUT2D eigenvalue weighted by atomic mass is 10.1. The fourth-order valence-corrected chi connectivity index (χ4v) is 1.66. The Morgan fingerprint density at radius 1 is 1.38 bits per heavy atom. The highest BCUT2D eigenvalue weighted by Crippen LogP contribution is 2.47. The molecule has 2 rings (SSSR count). The molecule has 72 valence electrons. The molecule has 3 N–H and O–H groups in total. The molecule has 0 spiro atoms. The van der Waals surface area contributed by atoms with Gasteiger partial charge in [0.05, 0.1) is 7.11 Å². The molecule has 1 aromatic rings. The molecule has 2 unspecified atom stereocenters. The van der Waals surface area contributed by atoms with E-state index in [0.29, 0.717) is 0 Å². The van der Waals surface area contributed by atoms with E-state index in [2.05, 4.69) is 25.1 Å². The van der Waals surface area contributed by atoms with Crippen molar-refractivity contribution in [2.24, 2.45) is 5.92 Å². The third kappa shape index (κ3) is 2.01. The summed E-state index contributed by atoms with van der Waals surface area (Å²) in [6.45, 7) is 2.30. The van der Waals surface area contributed by atoms with Gasteiger partial charge in [-0.2, -0.15) is 0 Å². The van der Waals surface area contributed by atoms with Gasteiger partial charge in [0.15, 0.2) is 0 Å². The van der Waals surface area contributed by atoms with Crippen LogP contribution in [0.4, 0.5) is 0 Å². The lowest BCUT2D eigenvalue weighted by molar-refractivity contribution is 0.414. The molecule has 0 heterocycles. The van der Waals surface area contributed by atoms with E-state index in [1.165, 1.54) is 12.0 Å². The Morgan fingerprint density at radius 3 is 2.62 bits per heavy atom. The van der Waals surface area contributed by atoms with Crippen LogP contribution in [0, 0.1) is 5.92 Å². The van der Waals surface area contributed by atoms with Crippen LogP contribution in [-0.2, 0) is 0 Å². The molecule has 13 heavy (non-hydrogen) atoms. The summed E-state index contributed by atoms with van der Waals surface area (Å²) in [5, 5.41) is 0. The van der Waals surface area contributed by atoms with Gasteiger partial charge in [-0.3, -0.25) is 0 Å². The van der Waals surface area contributed by atoms with Crippen LogP contribution in [0.25, 0.3) is 0 Å². The van der Waals surface area contributed by atoms with E-state index >= 15 is 0 Å². The van der Waals surface area contributed by atoms with E-state index in [1.807, 2.05) is 6.07 Å². The number of rotatable bonds is 2. The third-order valence-electron chi connectivity index (χ3n) is 2.63. The molecule has 0 radical (unpaired) electrons. The summed E-state index contributed by atoms with van der Waals surface area (Å²) >= 11 is 0. The first-order valence-electron chi connectivity index (χ1n) is 4.45. The number of benzene rings is 1. The van der Waals surface area contributed by atoms with E-state index < -0.39 is 0 Å². The van der Waals surface area contributed by atoms with Crippen molar-refractivity contribution in [3.05, 3.63) is 29.8 Å². The smallest absolute Gasteiger partial charge is 0.119 e. The van der Waals surface area contributed by atoms with E-state index in [1.54, 1.807) is 7.11 Å². The van der Waals surface area contributed by atoms with Crippen molar-refractivity contribution in [2.45, 2.75) is 19.3 Å². The summed E-state index contributed by atoms with van der Waals surface area (Å²) in [5.41, 5.74) is 1.43. The second kappa shape index (κ2) is 3.79. The Morgan fingerprint density at radius 2 is 2.08 bits per heavy atom. The van der Waals surface area contributed by atoms with E-state index in [-0.39, 0.29) is 6.15 Å². The maximum absolute atomic E-state index is 5.17. The van der Waals surface area contributed by atoms with Crippen LogP contribution in [0.5, 0.6) is 5.75 Å². The lowest BCUT2D eigenvalue weighted by Crippen LogP contribution is -1.85. The second-order valence-corrected chi connectivity index (χ2v) is 3.60. The SMILES string of the molecule is COc1cccc(C2CC2C)c1.N. The number of hydrogen-bond acceptors (Lipinski definition) is 2. The number of methoxy groups -OCH3 is 1. The lowest BCUT2D eigenvalue weighted by Gasteiger charge is -2.02. The average Bonchev–Trinajstić information content (AvgIpc) is 2.83. The summed E-state index contributed by atoms with van der Waals surface area (Å²) in [4.78, 5) is 0. The summed E-state index contributed by atoms with van der Waals surface area (Å²) in [6, 6.07) is 8.40. The minimum absolute atomic E-state index is 0. The normalized spacial score (nSPS) is 24.8. The molecule has 2 heteroatoms. The van der Waals surface area contributed by atoms with Crippen molar-refractivity contribution >= 4 is 0 Å². The molecule has 1 saturated carbocycles. The number of hydrogen-bond donors (Lipinski definition) is 1. The topological polar surface area (TPSA) is 44.2 Å². The zero-order valence-electron chi connectivity index (χ0n) is 8.29.